The molecule has 0 saturated carbocycles. The lowest BCUT2D eigenvalue weighted by Gasteiger charge is -2.05. The monoisotopic (exact) mass is 277 g/mol. The molecular formula is C4H3N7O8. The van der Waals surface area contributed by atoms with Crippen LogP contribution in [0.15, 0.2) is 0 Å². The van der Waals surface area contributed by atoms with E-state index in [1.54, 1.807) is 0 Å². The van der Waals surface area contributed by atoms with Crippen molar-refractivity contribution in [3.05, 3.63) is 46.3 Å². The van der Waals surface area contributed by atoms with Crippen molar-refractivity contribution >= 4 is 5.95 Å². The lowest BCUT2D eigenvalue weighted by Crippen LogP contribution is -2.56. The minimum atomic E-state index is -4.11. The highest BCUT2D eigenvalue weighted by atomic mass is 16.7. The molecule has 0 spiro atoms. The summed E-state index contributed by atoms with van der Waals surface area (Å²) >= 11 is 0. The Labute approximate surface area is 101 Å². The summed E-state index contributed by atoms with van der Waals surface area (Å²) in [5, 5.41) is 45.3. The van der Waals surface area contributed by atoms with E-state index >= 15 is 0 Å². The summed E-state index contributed by atoms with van der Waals surface area (Å²) in [5.74, 6) is -6.06. The van der Waals surface area contributed by atoms with Crippen LogP contribution in [0.25, 0.3) is 0 Å². The lowest BCUT2D eigenvalue weighted by molar-refractivity contribution is -1.01. The van der Waals surface area contributed by atoms with Gasteiger partial charge < -0.3 is 10.1 Å². The molecular weight excluding hydrogens is 274 g/mol. The van der Waals surface area contributed by atoms with E-state index in [0.29, 0.717) is 0 Å². The molecule has 0 aliphatic heterocycles. The van der Waals surface area contributed by atoms with Crippen molar-refractivity contribution in [3.8, 4) is 0 Å². The molecule has 102 valence electrons. The van der Waals surface area contributed by atoms with Crippen LogP contribution in [-0.2, 0) is 5.91 Å². The number of nitro groups is 4. The van der Waals surface area contributed by atoms with E-state index in [9.17, 15) is 40.5 Å². The number of rotatable bonds is 5. The zero-order chi connectivity index (χ0) is 15.0. The number of hydrogen-bond acceptors (Lipinski definition) is 10. The van der Waals surface area contributed by atoms with Gasteiger partial charge in [-0.15, -0.1) is 0 Å². The van der Waals surface area contributed by atoms with Gasteiger partial charge in [-0.1, -0.05) is 0 Å². The Bertz CT molecular complexity index is 554. The van der Waals surface area contributed by atoms with E-state index in [1.807, 2.05) is 0 Å². The molecule has 1 aromatic heterocycles. The Kier molecular flexibility index (Phi) is 3.05. The van der Waals surface area contributed by atoms with Gasteiger partial charge in [-0.2, -0.15) is 0 Å². The fourth-order valence-corrected chi connectivity index (χ4v) is 1.17. The summed E-state index contributed by atoms with van der Waals surface area (Å²) < 4.78 is -0.328. The molecule has 19 heavy (non-hydrogen) atoms. The normalized spacial score (nSPS) is 11.0. The molecule has 0 amide bonds. The van der Waals surface area contributed by atoms with Gasteiger partial charge in [-0.05, 0) is 9.91 Å². The summed E-state index contributed by atoms with van der Waals surface area (Å²) in [4.78, 5) is 38.8. The SMILES string of the molecule is Cc1nc([N+](=O)[O-])nn1C([N+](=O)[O-])([N+](=O)[O-])[N+](=O)[O-]. The third kappa shape index (κ3) is 1.77. The van der Waals surface area contributed by atoms with Gasteiger partial charge in [0.25, 0.3) is 0 Å². The maximum Gasteiger partial charge on any atom is 0.834 e. The van der Waals surface area contributed by atoms with E-state index in [0.717, 1.165) is 6.92 Å². The molecule has 15 nitrogen and oxygen atoms in total. The summed E-state index contributed by atoms with van der Waals surface area (Å²) in [6, 6.07) is 0. The maximum absolute atomic E-state index is 10.7. The first-order valence-corrected chi connectivity index (χ1v) is 4.17. The van der Waals surface area contributed by atoms with Gasteiger partial charge in [-0.3, -0.25) is 30.3 Å². The molecule has 1 aromatic rings. The second kappa shape index (κ2) is 4.20. The second-order valence-electron chi connectivity index (χ2n) is 3.00. The fraction of sp³-hybridized carbons (Fsp3) is 0.500. The first kappa shape index (κ1) is 13.8. The summed E-state index contributed by atoms with van der Waals surface area (Å²) in [7, 11) is 0. The van der Waals surface area contributed by atoms with E-state index in [1.165, 1.54) is 0 Å². The Morgan fingerprint density at radius 1 is 1.00 bits per heavy atom. The highest BCUT2D eigenvalue weighted by Gasteiger charge is 2.78. The van der Waals surface area contributed by atoms with Gasteiger partial charge in [0.15, 0.2) is 0 Å². The zero-order valence-corrected chi connectivity index (χ0v) is 8.90. The minimum absolute atomic E-state index is 0.328. The van der Waals surface area contributed by atoms with Gasteiger partial charge in [0.1, 0.15) is 0 Å². The number of nitrogens with zero attached hydrogens (tertiary/aromatic N) is 7. The molecule has 0 atom stereocenters. The predicted molar refractivity (Wildman–Crippen MR) is 50.4 cm³/mol. The molecule has 0 aliphatic rings. The standard InChI is InChI=1S/C4H3N7O8/c1-2-5-3(8(12)13)6-7(2)4(9(14)15,10(16)17)11(18)19/h1H3. The topological polar surface area (TPSA) is 203 Å². The van der Waals surface area contributed by atoms with Crippen LogP contribution in [0.1, 0.15) is 5.82 Å². The Morgan fingerprint density at radius 3 is 1.68 bits per heavy atom. The van der Waals surface area contributed by atoms with Crippen molar-refractivity contribution < 1.29 is 19.7 Å². The average molecular weight is 277 g/mol. The lowest BCUT2D eigenvalue weighted by atomic mass is 10.6. The molecule has 0 aromatic carbocycles. The third-order valence-corrected chi connectivity index (χ3v) is 1.94. The average Bonchev–Trinajstić information content (AvgIpc) is 2.60. The largest absolute Gasteiger partial charge is 0.834 e. The molecule has 0 saturated heterocycles. The molecule has 0 radical (unpaired) electrons. The van der Waals surface area contributed by atoms with Crippen molar-refractivity contribution in [1.82, 2.24) is 14.8 Å². The summed E-state index contributed by atoms with van der Waals surface area (Å²) in [5.41, 5.74) is 0. The molecule has 0 unspecified atom stereocenters. The summed E-state index contributed by atoms with van der Waals surface area (Å²) in [6.45, 7) is 0.866. The smallest absolute Gasteiger partial charge is 0.390 e. The van der Waals surface area contributed by atoms with Gasteiger partial charge >= 0.3 is 11.9 Å². The van der Waals surface area contributed by atoms with Crippen LogP contribution in [-0.4, -0.2) is 34.5 Å². The second-order valence-corrected chi connectivity index (χ2v) is 3.00. The van der Waals surface area contributed by atoms with Gasteiger partial charge in [0.2, 0.25) is 20.6 Å². The fourth-order valence-electron chi connectivity index (χ4n) is 1.17. The van der Waals surface area contributed by atoms with Crippen molar-refractivity contribution in [2.75, 3.05) is 0 Å². The van der Waals surface area contributed by atoms with E-state index < -0.39 is 37.4 Å². The molecule has 0 fully saturated rings. The zero-order valence-electron chi connectivity index (χ0n) is 8.90. The van der Waals surface area contributed by atoms with Crippen LogP contribution >= 0.6 is 0 Å². The van der Waals surface area contributed by atoms with Crippen LogP contribution in [0.4, 0.5) is 5.95 Å². The van der Waals surface area contributed by atoms with Crippen LogP contribution < -0.4 is 0 Å². The molecule has 0 bridgehead atoms. The third-order valence-electron chi connectivity index (χ3n) is 1.94. The van der Waals surface area contributed by atoms with Crippen molar-refractivity contribution in [2.45, 2.75) is 12.8 Å². The van der Waals surface area contributed by atoms with Crippen molar-refractivity contribution in [1.29, 1.82) is 0 Å². The minimum Gasteiger partial charge on any atom is -0.390 e. The van der Waals surface area contributed by atoms with Crippen LogP contribution in [0.5, 0.6) is 0 Å². The first-order chi connectivity index (χ1) is 8.65. The Balaban J connectivity index is 3.68. The molecule has 1 heterocycles. The van der Waals surface area contributed by atoms with Crippen molar-refractivity contribution in [2.24, 2.45) is 0 Å². The van der Waals surface area contributed by atoms with Crippen LogP contribution in [0, 0.1) is 47.4 Å². The maximum atomic E-state index is 10.7. The number of hydrogen-bond donors (Lipinski definition) is 0. The number of aryl methyl sites for hydroxylation is 1. The van der Waals surface area contributed by atoms with Gasteiger partial charge in [-0.25, -0.2) is 0 Å². The molecule has 0 N–H and O–H groups in total. The van der Waals surface area contributed by atoms with E-state index in [2.05, 4.69) is 10.1 Å². The predicted octanol–water partition coefficient (Wildman–Crippen LogP) is -1.11. The Morgan fingerprint density at radius 2 is 1.42 bits per heavy atom. The van der Waals surface area contributed by atoms with Crippen molar-refractivity contribution in [3.63, 3.8) is 0 Å². The van der Waals surface area contributed by atoms with Crippen LogP contribution in [0.3, 0.4) is 0 Å². The summed E-state index contributed by atoms with van der Waals surface area (Å²) in [6.07, 6.45) is 0. The quantitative estimate of drug-likeness (QED) is 0.360. The van der Waals surface area contributed by atoms with Gasteiger partial charge in [0.05, 0.1) is 5.10 Å². The highest BCUT2D eigenvalue weighted by Crippen LogP contribution is 2.21. The molecule has 1 rings (SSSR count). The number of aromatic nitrogens is 3. The Hall–Kier alpha value is -3.26. The molecule has 15 heteroatoms. The van der Waals surface area contributed by atoms with E-state index in [4.69, 9.17) is 0 Å². The highest BCUT2D eigenvalue weighted by molar-refractivity contribution is 5.03. The molecule has 0 aliphatic carbocycles. The van der Waals surface area contributed by atoms with Crippen LogP contribution in [0.2, 0.25) is 0 Å². The first-order valence-electron chi connectivity index (χ1n) is 4.17. The van der Waals surface area contributed by atoms with Gasteiger partial charge in [0, 0.05) is 11.6 Å². The van der Waals surface area contributed by atoms with E-state index in [-0.39, 0.29) is 4.68 Å².